The molecular weight excluding hydrogens is 332 g/mol. The fraction of sp³-hybridized carbons (Fsp3) is 0.222. The minimum atomic E-state index is -0.561. The maximum Gasteiger partial charge on any atom is 0.178 e. The number of aromatic hydroxyl groups is 1. The normalized spacial score (nSPS) is 10.3. The van der Waals surface area contributed by atoms with Crippen LogP contribution < -0.4 is 9.47 Å². The number of methoxy groups -OCH3 is 2. The lowest BCUT2D eigenvalue weighted by Crippen LogP contribution is -2.11. The van der Waals surface area contributed by atoms with Crippen molar-refractivity contribution in [2.75, 3.05) is 14.2 Å². The third-order valence-corrected chi connectivity index (χ3v) is 4.10. The molecule has 126 valence electrons. The van der Waals surface area contributed by atoms with Crippen LogP contribution in [0.15, 0.2) is 30.3 Å². The Hall–Kier alpha value is -2.53. The molecule has 0 aliphatic heterocycles. The van der Waals surface area contributed by atoms with Gasteiger partial charge in [0.2, 0.25) is 0 Å². The van der Waals surface area contributed by atoms with E-state index in [-0.39, 0.29) is 22.6 Å². The van der Waals surface area contributed by atoms with E-state index in [2.05, 4.69) is 0 Å². The lowest BCUT2D eigenvalue weighted by atomic mass is 9.99. The van der Waals surface area contributed by atoms with Gasteiger partial charge in [-0.3, -0.25) is 9.59 Å². The first-order chi connectivity index (χ1) is 11.4. The van der Waals surface area contributed by atoms with E-state index in [9.17, 15) is 14.7 Å². The van der Waals surface area contributed by atoms with Crippen LogP contribution in [0, 0.1) is 6.92 Å². The molecule has 0 fully saturated rings. The van der Waals surface area contributed by atoms with E-state index in [0.717, 1.165) is 5.56 Å². The van der Waals surface area contributed by atoms with E-state index in [1.165, 1.54) is 26.4 Å². The highest BCUT2D eigenvalue weighted by atomic mass is 35.5. The van der Waals surface area contributed by atoms with Crippen LogP contribution in [0.2, 0.25) is 5.02 Å². The summed E-state index contributed by atoms with van der Waals surface area (Å²) < 4.78 is 10.1. The first-order valence-corrected chi connectivity index (χ1v) is 7.53. The molecule has 5 nitrogen and oxygen atoms in total. The molecule has 0 aromatic heterocycles. The molecule has 2 rings (SSSR count). The highest BCUT2D eigenvalue weighted by molar-refractivity contribution is 6.35. The summed E-state index contributed by atoms with van der Waals surface area (Å²) in [6.07, 6.45) is -0.431. The summed E-state index contributed by atoms with van der Waals surface area (Å²) in [5.41, 5.74) is 0.965. The van der Waals surface area contributed by atoms with Crippen molar-refractivity contribution in [1.82, 2.24) is 0 Å². The zero-order valence-electron chi connectivity index (χ0n) is 13.6. The molecule has 0 unspecified atom stereocenters. The SMILES string of the molecule is COc1cc(O)c(C(=O)CC(=O)c2cccc(C)c2Cl)c(OC)c1. The second-order valence-electron chi connectivity index (χ2n) is 5.18. The zero-order valence-corrected chi connectivity index (χ0v) is 14.3. The van der Waals surface area contributed by atoms with Crippen LogP contribution in [-0.2, 0) is 0 Å². The molecule has 1 N–H and O–H groups in total. The molecule has 0 atom stereocenters. The molecule has 24 heavy (non-hydrogen) atoms. The minimum absolute atomic E-state index is 0.0598. The number of hydrogen-bond acceptors (Lipinski definition) is 5. The first kappa shape index (κ1) is 17.8. The van der Waals surface area contributed by atoms with E-state index in [0.29, 0.717) is 10.8 Å². The van der Waals surface area contributed by atoms with Crippen molar-refractivity contribution in [3.63, 3.8) is 0 Å². The van der Waals surface area contributed by atoms with E-state index in [1.54, 1.807) is 25.1 Å². The number of ketones is 2. The van der Waals surface area contributed by atoms with Gasteiger partial charge >= 0.3 is 0 Å². The summed E-state index contributed by atoms with van der Waals surface area (Å²) in [6.45, 7) is 1.78. The average Bonchev–Trinajstić information content (AvgIpc) is 2.55. The highest BCUT2D eigenvalue weighted by Crippen LogP contribution is 2.34. The van der Waals surface area contributed by atoms with Crippen LogP contribution in [-0.4, -0.2) is 30.9 Å². The van der Waals surface area contributed by atoms with Gasteiger partial charge in [-0.05, 0) is 18.6 Å². The van der Waals surface area contributed by atoms with Crippen molar-refractivity contribution in [2.45, 2.75) is 13.3 Å². The Labute approximate surface area is 144 Å². The van der Waals surface area contributed by atoms with Crippen LogP contribution in [0.5, 0.6) is 17.2 Å². The molecule has 0 spiro atoms. The van der Waals surface area contributed by atoms with Gasteiger partial charge in [-0.2, -0.15) is 0 Å². The molecule has 0 heterocycles. The Kier molecular flexibility index (Phi) is 5.46. The van der Waals surface area contributed by atoms with Crippen molar-refractivity contribution in [3.05, 3.63) is 52.0 Å². The van der Waals surface area contributed by atoms with Gasteiger partial charge in [0.25, 0.3) is 0 Å². The summed E-state index contributed by atoms with van der Waals surface area (Å²) in [5, 5.41) is 10.4. The van der Waals surface area contributed by atoms with Crippen molar-refractivity contribution in [1.29, 1.82) is 0 Å². The Bertz CT molecular complexity index is 798. The van der Waals surface area contributed by atoms with Gasteiger partial charge in [-0.1, -0.05) is 23.7 Å². The number of halogens is 1. The molecule has 6 heteroatoms. The Morgan fingerprint density at radius 3 is 2.46 bits per heavy atom. The van der Waals surface area contributed by atoms with Crippen molar-refractivity contribution in [3.8, 4) is 17.2 Å². The second kappa shape index (κ2) is 7.36. The van der Waals surface area contributed by atoms with Crippen LogP contribution in [0.3, 0.4) is 0 Å². The number of hydrogen-bond donors (Lipinski definition) is 1. The molecular formula is C18H17ClO5. The van der Waals surface area contributed by atoms with E-state index in [4.69, 9.17) is 21.1 Å². The number of rotatable bonds is 6. The number of phenolic OH excluding ortho intramolecular Hbond substituents is 1. The van der Waals surface area contributed by atoms with E-state index < -0.39 is 18.0 Å². The monoisotopic (exact) mass is 348 g/mol. The molecule has 0 radical (unpaired) electrons. The number of ether oxygens (including phenoxy) is 2. The quantitative estimate of drug-likeness (QED) is 0.634. The Morgan fingerprint density at radius 1 is 1.12 bits per heavy atom. The number of carbonyl (C=O) groups excluding carboxylic acids is 2. The predicted octanol–water partition coefficient (Wildman–Crippen LogP) is 3.83. The lowest BCUT2D eigenvalue weighted by Gasteiger charge is -2.12. The fourth-order valence-electron chi connectivity index (χ4n) is 2.33. The van der Waals surface area contributed by atoms with Crippen molar-refractivity contribution < 1.29 is 24.2 Å². The molecule has 2 aromatic carbocycles. The zero-order chi connectivity index (χ0) is 17.9. The van der Waals surface area contributed by atoms with Gasteiger partial charge < -0.3 is 14.6 Å². The van der Waals surface area contributed by atoms with Crippen LogP contribution >= 0.6 is 11.6 Å². The number of phenols is 1. The van der Waals surface area contributed by atoms with Gasteiger partial charge in [0.05, 0.1) is 25.7 Å². The fourth-order valence-corrected chi connectivity index (χ4v) is 2.56. The van der Waals surface area contributed by atoms with Gasteiger partial charge in [0.15, 0.2) is 11.6 Å². The molecule has 0 amide bonds. The summed E-state index contributed by atoms with van der Waals surface area (Å²) in [7, 11) is 2.79. The molecule has 0 saturated carbocycles. The van der Waals surface area contributed by atoms with Crippen molar-refractivity contribution in [2.24, 2.45) is 0 Å². The largest absolute Gasteiger partial charge is 0.507 e. The van der Waals surface area contributed by atoms with Crippen LogP contribution in [0.4, 0.5) is 0 Å². The predicted molar refractivity (Wildman–Crippen MR) is 90.7 cm³/mol. The van der Waals surface area contributed by atoms with Gasteiger partial charge in [0, 0.05) is 17.7 Å². The molecule has 0 aliphatic carbocycles. The topological polar surface area (TPSA) is 72.8 Å². The summed E-state index contributed by atoms with van der Waals surface area (Å²) in [5.74, 6) is -0.811. The standard InChI is InChI=1S/C18H17ClO5/c1-10-5-4-6-12(18(10)19)13(20)9-15(22)17-14(21)7-11(23-2)8-16(17)24-3/h4-8,21H,9H2,1-3H3. The third-order valence-electron chi connectivity index (χ3n) is 3.60. The molecule has 0 bridgehead atoms. The van der Waals surface area contributed by atoms with Crippen molar-refractivity contribution >= 4 is 23.2 Å². The second-order valence-corrected chi connectivity index (χ2v) is 5.56. The molecule has 0 aliphatic rings. The number of carbonyl (C=O) groups is 2. The average molecular weight is 349 g/mol. The highest BCUT2D eigenvalue weighted by Gasteiger charge is 2.23. The maximum atomic E-state index is 12.5. The molecule has 0 saturated heterocycles. The van der Waals surface area contributed by atoms with Gasteiger partial charge in [-0.25, -0.2) is 0 Å². The molecule has 2 aromatic rings. The maximum absolute atomic E-state index is 12.5. The van der Waals surface area contributed by atoms with Crippen LogP contribution in [0.25, 0.3) is 0 Å². The van der Waals surface area contributed by atoms with Gasteiger partial charge in [-0.15, -0.1) is 0 Å². The smallest absolute Gasteiger partial charge is 0.178 e. The summed E-state index contributed by atoms with van der Waals surface area (Å²) in [4.78, 5) is 24.9. The van der Waals surface area contributed by atoms with Crippen LogP contribution in [0.1, 0.15) is 32.7 Å². The first-order valence-electron chi connectivity index (χ1n) is 7.15. The summed E-state index contributed by atoms with van der Waals surface area (Å²) in [6, 6.07) is 7.80. The lowest BCUT2D eigenvalue weighted by molar-refractivity contribution is 0.0891. The number of Topliss-reactive ketones (excluding diaryl/α,β-unsaturated/α-hetero) is 2. The van der Waals surface area contributed by atoms with E-state index >= 15 is 0 Å². The minimum Gasteiger partial charge on any atom is -0.507 e. The number of benzene rings is 2. The summed E-state index contributed by atoms with van der Waals surface area (Å²) >= 11 is 6.12. The third kappa shape index (κ3) is 3.51. The number of aryl methyl sites for hydroxylation is 1. The van der Waals surface area contributed by atoms with E-state index in [1.807, 2.05) is 0 Å². The van der Waals surface area contributed by atoms with Gasteiger partial charge in [0.1, 0.15) is 22.8 Å². The Morgan fingerprint density at radius 2 is 1.83 bits per heavy atom. The Balaban J connectivity index is 2.33.